The number of rotatable bonds is 4. The van der Waals surface area contributed by atoms with Crippen LogP contribution in [0, 0.1) is 5.82 Å². The van der Waals surface area contributed by atoms with E-state index in [1.54, 1.807) is 24.3 Å². The lowest BCUT2D eigenvalue weighted by molar-refractivity contribution is -0.116. The molecule has 2 N–H and O–H groups in total. The molecule has 0 aliphatic rings. The van der Waals surface area contributed by atoms with Crippen LogP contribution in [0.4, 0.5) is 10.1 Å². The number of amides is 2. The lowest BCUT2D eigenvalue weighted by Crippen LogP contribution is -2.30. The van der Waals surface area contributed by atoms with Gasteiger partial charge in [0.15, 0.2) is 0 Å². The molecule has 0 spiro atoms. The quantitative estimate of drug-likeness (QED) is 0.722. The molecule has 0 saturated carbocycles. The Morgan fingerprint density at radius 3 is 2.59 bits per heavy atom. The number of hydrogen-bond donors (Lipinski definition) is 2. The molecule has 3 aromatic rings. The Hall–Kier alpha value is -3.19. The highest BCUT2D eigenvalue weighted by Gasteiger charge is 2.15. The molecule has 2 amide bonds. The zero-order valence-electron chi connectivity index (χ0n) is 14.3. The van der Waals surface area contributed by atoms with E-state index in [1.165, 1.54) is 29.8 Å². The first-order chi connectivity index (χ1) is 12.9. The van der Waals surface area contributed by atoms with Crippen molar-refractivity contribution in [3.05, 3.63) is 75.3 Å². The smallest absolute Gasteiger partial charge is 0.252 e. The first-order valence-electron chi connectivity index (χ1n) is 8.00. The van der Waals surface area contributed by atoms with Crippen molar-refractivity contribution in [1.82, 2.24) is 9.88 Å². The standard InChI is InChI=1S/C19H15ClFN3O3/c1-22-19(27)13-9-18(26)24(16-5-3-2-4-12(13)16)10-17(25)23-11-6-7-15(21)14(20)8-11/h2-9H,10H2,1H3,(H,22,27)(H,23,25). The molecule has 1 heterocycles. The van der Waals surface area contributed by atoms with E-state index in [1.807, 2.05) is 0 Å². The summed E-state index contributed by atoms with van der Waals surface area (Å²) in [5.74, 6) is -1.47. The number of aromatic nitrogens is 1. The molecule has 8 heteroatoms. The number of carbonyl (C=O) groups is 2. The van der Waals surface area contributed by atoms with E-state index < -0.39 is 17.3 Å². The first-order valence-corrected chi connectivity index (χ1v) is 8.38. The Morgan fingerprint density at radius 2 is 1.89 bits per heavy atom. The SMILES string of the molecule is CNC(=O)c1cc(=O)n(CC(=O)Nc2ccc(F)c(Cl)c2)c2ccccc12. The van der Waals surface area contributed by atoms with Gasteiger partial charge in [-0.1, -0.05) is 29.8 Å². The predicted molar refractivity (Wildman–Crippen MR) is 102 cm³/mol. The number of pyridine rings is 1. The highest BCUT2D eigenvalue weighted by Crippen LogP contribution is 2.20. The fourth-order valence-corrected chi connectivity index (χ4v) is 2.92. The molecule has 138 valence electrons. The van der Waals surface area contributed by atoms with Crippen LogP contribution in [0.15, 0.2) is 53.3 Å². The van der Waals surface area contributed by atoms with Gasteiger partial charge in [0.1, 0.15) is 12.4 Å². The molecule has 1 aromatic heterocycles. The van der Waals surface area contributed by atoms with Crippen molar-refractivity contribution >= 4 is 40.0 Å². The van der Waals surface area contributed by atoms with Crippen LogP contribution in [0.2, 0.25) is 5.02 Å². The van der Waals surface area contributed by atoms with Crippen molar-refractivity contribution in [2.45, 2.75) is 6.54 Å². The van der Waals surface area contributed by atoms with Crippen LogP contribution < -0.4 is 16.2 Å². The van der Waals surface area contributed by atoms with Crippen LogP contribution in [0.3, 0.4) is 0 Å². The lowest BCUT2D eigenvalue weighted by atomic mass is 10.1. The Balaban J connectivity index is 1.96. The van der Waals surface area contributed by atoms with Gasteiger partial charge < -0.3 is 10.6 Å². The molecule has 27 heavy (non-hydrogen) atoms. The Bertz CT molecular complexity index is 1110. The summed E-state index contributed by atoms with van der Waals surface area (Å²) in [6.45, 7) is -0.275. The van der Waals surface area contributed by atoms with E-state index in [0.717, 1.165) is 6.07 Å². The molecular formula is C19H15ClFN3O3. The number of halogens is 2. The molecule has 0 fully saturated rings. The second kappa shape index (κ2) is 7.59. The van der Waals surface area contributed by atoms with Crippen LogP contribution in [0.1, 0.15) is 10.4 Å². The minimum absolute atomic E-state index is 0.120. The van der Waals surface area contributed by atoms with Gasteiger partial charge in [0.05, 0.1) is 16.1 Å². The first kappa shape index (κ1) is 18.6. The van der Waals surface area contributed by atoms with Gasteiger partial charge in [-0.05, 0) is 24.3 Å². The van der Waals surface area contributed by atoms with E-state index in [4.69, 9.17) is 11.6 Å². The molecule has 0 atom stereocenters. The largest absolute Gasteiger partial charge is 0.355 e. The molecule has 0 unspecified atom stereocenters. The third-order valence-corrected chi connectivity index (χ3v) is 4.29. The molecule has 3 rings (SSSR count). The van der Waals surface area contributed by atoms with Crippen LogP contribution in [0.5, 0.6) is 0 Å². The maximum Gasteiger partial charge on any atom is 0.252 e. The Labute approximate surface area is 158 Å². The van der Waals surface area contributed by atoms with Crippen molar-refractivity contribution in [2.75, 3.05) is 12.4 Å². The van der Waals surface area contributed by atoms with Crippen molar-refractivity contribution < 1.29 is 14.0 Å². The van der Waals surface area contributed by atoms with Crippen molar-refractivity contribution in [1.29, 1.82) is 0 Å². The molecule has 0 radical (unpaired) electrons. The minimum Gasteiger partial charge on any atom is -0.355 e. The molecule has 0 aliphatic carbocycles. The summed E-state index contributed by atoms with van der Waals surface area (Å²) in [6.07, 6.45) is 0. The van der Waals surface area contributed by atoms with Crippen LogP contribution in [-0.4, -0.2) is 23.4 Å². The summed E-state index contributed by atoms with van der Waals surface area (Å²) in [5.41, 5.74) is 0.515. The summed E-state index contributed by atoms with van der Waals surface area (Å²) in [6, 6.07) is 11.8. The van der Waals surface area contributed by atoms with Gasteiger partial charge in [-0.3, -0.25) is 19.0 Å². The number of fused-ring (bicyclic) bond motifs is 1. The van der Waals surface area contributed by atoms with E-state index in [-0.39, 0.29) is 23.0 Å². The summed E-state index contributed by atoms with van der Waals surface area (Å²) in [4.78, 5) is 36.9. The monoisotopic (exact) mass is 387 g/mol. The second-order valence-electron chi connectivity index (χ2n) is 5.76. The van der Waals surface area contributed by atoms with Gasteiger partial charge in [-0.15, -0.1) is 0 Å². The maximum atomic E-state index is 13.2. The average Bonchev–Trinajstić information content (AvgIpc) is 2.66. The third-order valence-electron chi connectivity index (χ3n) is 4.00. The van der Waals surface area contributed by atoms with E-state index >= 15 is 0 Å². The molecule has 0 bridgehead atoms. The van der Waals surface area contributed by atoms with Gasteiger partial charge in [-0.2, -0.15) is 0 Å². The number of para-hydroxylation sites is 1. The van der Waals surface area contributed by atoms with Gasteiger partial charge in [0.25, 0.3) is 11.5 Å². The maximum absolute atomic E-state index is 13.2. The Morgan fingerprint density at radius 1 is 1.15 bits per heavy atom. The zero-order valence-corrected chi connectivity index (χ0v) is 15.0. The second-order valence-corrected chi connectivity index (χ2v) is 6.16. The Kier molecular flexibility index (Phi) is 5.23. The number of carbonyl (C=O) groups excluding carboxylic acids is 2. The highest BCUT2D eigenvalue weighted by atomic mass is 35.5. The van der Waals surface area contributed by atoms with Crippen molar-refractivity contribution in [2.24, 2.45) is 0 Å². The number of nitrogens with one attached hydrogen (secondary N) is 2. The summed E-state index contributed by atoms with van der Waals surface area (Å²) < 4.78 is 14.5. The summed E-state index contributed by atoms with van der Waals surface area (Å²) >= 11 is 5.70. The van der Waals surface area contributed by atoms with Gasteiger partial charge in [-0.25, -0.2) is 4.39 Å². The molecular weight excluding hydrogens is 373 g/mol. The van der Waals surface area contributed by atoms with Crippen LogP contribution in [-0.2, 0) is 11.3 Å². The van der Waals surface area contributed by atoms with Gasteiger partial charge >= 0.3 is 0 Å². The van der Waals surface area contributed by atoms with Crippen molar-refractivity contribution in [3.8, 4) is 0 Å². The topological polar surface area (TPSA) is 80.2 Å². The third kappa shape index (κ3) is 3.83. The molecule has 0 aliphatic heterocycles. The van der Waals surface area contributed by atoms with Gasteiger partial charge in [0.2, 0.25) is 5.91 Å². The van der Waals surface area contributed by atoms with E-state index in [0.29, 0.717) is 16.6 Å². The zero-order chi connectivity index (χ0) is 19.6. The number of hydrogen-bond acceptors (Lipinski definition) is 3. The molecule has 0 saturated heterocycles. The van der Waals surface area contributed by atoms with Crippen LogP contribution >= 0.6 is 11.6 Å². The number of nitrogens with zero attached hydrogens (tertiary/aromatic N) is 1. The molecule has 6 nitrogen and oxygen atoms in total. The van der Waals surface area contributed by atoms with Crippen molar-refractivity contribution in [3.63, 3.8) is 0 Å². The minimum atomic E-state index is -0.596. The average molecular weight is 388 g/mol. The predicted octanol–water partition coefficient (Wildman–Crippen LogP) is 2.79. The summed E-state index contributed by atoms with van der Waals surface area (Å²) in [5, 5.41) is 5.49. The molecule has 2 aromatic carbocycles. The van der Waals surface area contributed by atoms with E-state index in [2.05, 4.69) is 10.6 Å². The number of anilines is 1. The van der Waals surface area contributed by atoms with Crippen LogP contribution in [0.25, 0.3) is 10.9 Å². The fourth-order valence-electron chi connectivity index (χ4n) is 2.74. The highest BCUT2D eigenvalue weighted by molar-refractivity contribution is 6.31. The van der Waals surface area contributed by atoms with Gasteiger partial charge in [0, 0.05) is 24.2 Å². The summed E-state index contributed by atoms with van der Waals surface area (Å²) in [7, 11) is 1.48. The normalized spacial score (nSPS) is 10.6. The fraction of sp³-hybridized carbons (Fsp3) is 0.105. The lowest BCUT2D eigenvalue weighted by Gasteiger charge is -2.13. The number of benzene rings is 2. The van der Waals surface area contributed by atoms with E-state index in [9.17, 15) is 18.8 Å².